The van der Waals surface area contributed by atoms with Crippen LogP contribution in [0.5, 0.6) is 0 Å². The van der Waals surface area contributed by atoms with Crippen molar-refractivity contribution in [3.05, 3.63) is 48.0 Å². The maximum absolute atomic E-state index is 13.4. The third kappa shape index (κ3) is 4.77. The molecule has 0 spiro atoms. The van der Waals surface area contributed by atoms with Gasteiger partial charge < -0.3 is 15.0 Å². The van der Waals surface area contributed by atoms with E-state index in [1.807, 2.05) is 35.2 Å². The lowest BCUT2D eigenvalue weighted by molar-refractivity contribution is 0.0370. The number of hydrogen-bond acceptors (Lipinski definition) is 5. The first-order valence-electron chi connectivity index (χ1n) is 10.6. The van der Waals surface area contributed by atoms with E-state index in [1.165, 1.54) is 0 Å². The Kier molecular flexibility index (Phi) is 6.75. The second kappa shape index (κ2) is 9.47. The number of ether oxygens (including phenoxy) is 1. The van der Waals surface area contributed by atoms with Crippen LogP contribution in [0.1, 0.15) is 23.2 Å². The van der Waals surface area contributed by atoms with Crippen LogP contribution in [-0.4, -0.2) is 79.5 Å². The van der Waals surface area contributed by atoms with Crippen molar-refractivity contribution in [1.82, 2.24) is 15.1 Å². The lowest BCUT2D eigenvalue weighted by Crippen LogP contribution is -2.57. The molecule has 1 amide bonds. The molecule has 0 aliphatic carbocycles. The van der Waals surface area contributed by atoms with Gasteiger partial charge in [0.05, 0.1) is 0 Å². The van der Waals surface area contributed by atoms with Crippen LogP contribution < -0.4 is 5.32 Å². The first-order chi connectivity index (χ1) is 14.2. The number of amides is 1. The number of hydrogen-bond donors (Lipinski definition) is 2. The van der Waals surface area contributed by atoms with Crippen molar-refractivity contribution in [1.29, 1.82) is 0 Å². The summed E-state index contributed by atoms with van der Waals surface area (Å²) < 4.78 is 5.36. The van der Waals surface area contributed by atoms with Crippen molar-refractivity contribution >= 4 is 29.3 Å². The number of thiol groups is 1. The topological polar surface area (TPSA) is 44.8 Å². The number of carbonyl (C=O) groups is 1. The average Bonchev–Trinajstić information content (AvgIpc) is 3.16. The summed E-state index contributed by atoms with van der Waals surface area (Å²) in [4.78, 5) is 17.9. The largest absolute Gasteiger partial charge is 0.385 e. The molecule has 2 aliphatic heterocycles. The molecule has 29 heavy (non-hydrogen) atoms. The zero-order valence-electron chi connectivity index (χ0n) is 17.1. The van der Waals surface area contributed by atoms with Crippen LogP contribution in [0.4, 0.5) is 0 Å². The molecular weight excluding hydrogens is 382 g/mol. The van der Waals surface area contributed by atoms with E-state index in [4.69, 9.17) is 4.74 Å². The van der Waals surface area contributed by atoms with Gasteiger partial charge in [0.1, 0.15) is 0 Å². The monoisotopic (exact) mass is 413 g/mol. The van der Waals surface area contributed by atoms with Crippen molar-refractivity contribution in [2.24, 2.45) is 0 Å². The molecule has 0 saturated carbocycles. The number of nitrogens with zero attached hydrogens (tertiary/aromatic N) is 2. The number of methoxy groups -OCH3 is 1. The predicted octanol–water partition coefficient (Wildman–Crippen LogP) is 2.66. The summed E-state index contributed by atoms with van der Waals surface area (Å²) in [6.45, 7) is 5.13. The van der Waals surface area contributed by atoms with Gasteiger partial charge in [-0.1, -0.05) is 36.4 Å². The molecule has 2 aromatic rings. The van der Waals surface area contributed by atoms with Gasteiger partial charge in [-0.2, -0.15) is 12.6 Å². The molecule has 0 bridgehead atoms. The van der Waals surface area contributed by atoms with E-state index in [0.717, 1.165) is 61.9 Å². The Bertz CT molecular complexity index is 840. The van der Waals surface area contributed by atoms with Gasteiger partial charge in [-0.3, -0.25) is 9.69 Å². The molecule has 0 radical (unpaired) electrons. The average molecular weight is 414 g/mol. The van der Waals surface area contributed by atoms with Crippen LogP contribution in [0.2, 0.25) is 0 Å². The van der Waals surface area contributed by atoms with Crippen molar-refractivity contribution in [2.75, 3.05) is 46.4 Å². The van der Waals surface area contributed by atoms with E-state index in [2.05, 4.69) is 35.0 Å². The molecule has 5 nitrogen and oxygen atoms in total. The fraction of sp³-hybridized carbons (Fsp3) is 0.522. The third-order valence-corrected chi connectivity index (χ3v) is 6.61. The molecule has 2 saturated heterocycles. The minimum Gasteiger partial charge on any atom is -0.385 e. The van der Waals surface area contributed by atoms with Crippen LogP contribution in [0, 0.1) is 0 Å². The van der Waals surface area contributed by atoms with Gasteiger partial charge in [0.25, 0.3) is 5.91 Å². The molecule has 1 N–H and O–H groups in total. The fourth-order valence-electron chi connectivity index (χ4n) is 4.65. The fourth-order valence-corrected chi connectivity index (χ4v) is 5.01. The zero-order chi connectivity index (χ0) is 20.2. The van der Waals surface area contributed by atoms with Crippen LogP contribution in [0.25, 0.3) is 10.8 Å². The van der Waals surface area contributed by atoms with E-state index in [-0.39, 0.29) is 5.91 Å². The number of piperazine rings is 1. The van der Waals surface area contributed by atoms with Crippen molar-refractivity contribution in [3.63, 3.8) is 0 Å². The first-order valence-corrected chi connectivity index (χ1v) is 11.1. The summed E-state index contributed by atoms with van der Waals surface area (Å²) in [5, 5.41) is 6.18. The molecular formula is C23H31N3O2S. The summed E-state index contributed by atoms with van der Waals surface area (Å²) in [6.07, 6.45) is 2.04. The summed E-state index contributed by atoms with van der Waals surface area (Å²) in [5.74, 6) is 0.137. The molecule has 2 aliphatic rings. The Balaban J connectivity index is 1.48. The molecule has 3 atom stereocenters. The summed E-state index contributed by atoms with van der Waals surface area (Å²) >= 11 is 4.61. The van der Waals surface area contributed by atoms with Gasteiger partial charge in [-0.25, -0.2) is 0 Å². The Labute approximate surface area is 178 Å². The number of benzene rings is 2. The maximum atomic E-state index is 13.4. The molecule has 0 aromatic heterocycles. The Hall–Kier alpha value is -1.60. The summed E-state index contributed by atoms with van der Waals surface area (Å²) in [6, 6.07) is 14.9. The number of fused-ring (bicyclic) bond motifs is 1. The standard InChI is InChI=1S/C23H31N3O2S/c1-28-12-9-19-16-26(11-10-25(19)15-18-13-20(29)14-24-18)23(27)22-8-4-6-17-5-2-3-7-21(17)22/h2-8,18-20,24,29H,9-16H2,1H3/t18?,19-,20-/m0/s1. The van der Waals surface area contributed by atoms with Crippen LogP contribution in [0.3, 0.4) is 0 Å². The Morgan fingerprint density at radius 1 is 1.21 bits per heavy atom. The first kappa shape index (κ1) is 20.7. The second-order valence-electron chi connectivity index (χ2n) is 8.20. The molecule has 1 unspecified atom stereocenters. The van der Waals surface area contributed by atoms with Crippen molar-refractivity contribution < 1.29 is 9.53 Å². The van der Waals surface area contributed by atoms with Gasteiger partial charge in [0.15, 0.2) is 0 Å². The highest BCUT2D eigenvalue weighted by Crippen LogP contribution is 2.23. The Morgan fingerprint density at radius 2 is 2.03 bits per heavy atom. The number of nitrogens with one attached hydrogen (secondary N) is 1. The molecule has 4 rings (SSSR count). The lowest BCUT2D eigenvalue weighted by atomic mass is 10.0. The van der Waals surface area contributed by atoms with Gasteiger partial charge in [-0.05, 0) is 29.7 Å². The zero-order valence-corrected chi connectivity index (χ0v) is 18.0. The van der Waals surface area contributed by atoms with E-state index in [1.54, 1.807) is 7.11 Å². The molecule has 156 valence electrons. The van der Waals surface area contributed by atoms with Crippen LogP contribution >= 0.6 is 12.6 Å². The van der Waals surface area contributed by atoms with E-state index >= 15 is 0 Å². The highest BCUT2D eigenvalue weighted by molar-refractivity contribution is 7.81. The van der Waals surface area contributed by atoms with Gasteiger partial charge in [0, 0.05) is 69.3 Å². The highest BCUT2D eigenvalue weighted by Gasteiger charge is 2.33. The minimum absolute atomic E-state index is 0.137. The summed E-state index contributed by atoms with van der Waals surface area (Å²) in [5.41, 5.74) is 0.803. The van der Waals surface area contributed by atoms with E-state index in [0.29, 0.717) is 23.9 Å². The van der Waals surface area contributed by atoms with Gasteiger partial charge in [-0.15, -0.1) is 0 Å². The number of carbonyl (C=O) groups excluding carboxylic acids is 1. The molecule has 2 fully saturated rings. The smallest absolute Gasteiger partial charge is 0.254 e. The highest BCUT2D eigenvalue weighted by atomic mass is 32.1. The van der Waals surface area contributed by atoms with Crippen molar-refractivity contribution in [3.8, 4) is 0 Å². The van der Waals surface area contributed by atoms with Gasteiger partial charge in [0.2, 0.25) is 0 Å². The van der Waals surface area contributed by atoms with Crippen LogP contribution in [-0.2, 0) is 4.74 Å². The SMILES string of the molecule is COCC[C@H]1CN(C(=O)c2cccc3ccccc23)CCN1CC1C[C@H](S)CN1. The predicted molar refractivity (Wildman–Crippen MR) is 121 cm³/mol. The molecule has 6 heteroatoms. The number of rotatable bonds is 6. The third-order valence-electron chi connectivity index (χ3n) is 6.22. The minimum atomic E-state index is 0.137. The maximum Gasteiger partial charge on any atom is 0.254 e. The normalized spacial score (nSPS) is 25.6. The summed E-state index contributed by atoms with van der Waals surface area (Å²) in [7, 11) is 1.75. The second-order valence-corrected chi connectivity index (χ2v) is 8.93. The molecule has 2 aromatic carbocycles. The lowest BCUT2D eigenvalue weighted by Gasteiger charge is -2.42. The van der Waals surface area contributed by atoms with E-state index < -0.39 is 0 Å². The Morgan fingerprint density at radius 3 is 2.83 bits per heavy atom. The molecule has 2 heterocycles. The van der Waals surface area contributed by atoms with Crippen molar-refractivity contribution in [2.45, 2.75) is 30.2 Å². The quantitative estimate of drug-likeness (QED) is 0.715. The van der Waals surface area contributed by atoms with Crippen LogP contribution in [0.15, 0.2) is 42.5 Å². The van der Waals surface area contributed by atoms with Gasteiger partial charge >= 0.3 is 0 Å². The van der Waals surface area contributed by atoms with E-state index in [9.17, 15) is 4.79 Å².